The lowest BCUT2D eigenvalue weighted by atomic mass is 10.1. The number of nitrogens with one attached hydrogen (secondary N) is 1. The molecule has 3 aromatic rings. The Hall–Kier alpha value is -2.67. The number of nitrogens with zero attached hydrogens (tertiary/aromatic N) is 3. The third-order valence-electron chi connectivity index (χ3n) is 5.41. The second-order valence-corrected chi connectivity index (χ2v) is 7.40. The average molecular weight is 377 g/mol. The second-order valence-electron chi connectivity index (χ2n) is 7.40. The molecule has 4 rings (SSSR count). The number of aromatic amines is 1. The number of nitrogens with two attached hydrogens (primary N) is 1. The van der Waals surface area contributed by atoms with Crippen LogP contribution >= 0.6 is 0 Å². The number of fused-ring (bicyclic) bond motifs is 1. The highest BCUT2D eigenvalue weighted by Crippen LogP contribution is 2.21. The summed E-state index contributed by atoms with van der Waals surface area (Å²) in [5.74, 6) is 0. The van der Waals surface area contributed by atoms with Crippen molar-refractivity contribution < 1.29 is 5.11 Å². The SMILES string of the molecule is CC(O)N1CCN(Cc2ccc(C=Cc3n[nH]c4ccccc34)c(N)c2)CC1. The maximum absolute atomic E-state index is 9.68. The molecule has 4 N–H and O–H groups in total. The van der Waals surface area contributed by atoms with Gasteiger partial charge < -0.3 is 10.8 Å². The van der Waals surface area contributed by atoms with E-state index in [1.807, 2.05) is 37.3 Å². The summed E-state index contributed by atoms with van der Waals surface area (Å²) < 4.78 is 0. The van der Waals surface area contributed by atoms with Crippen LogP contribution in [0.25, 0.3) is 23.1 Å². The molecule has 1 unspecified atom stereocenters. The molecule has 6 nitrogen and oxygen atoms in total. The van der Waals surface area contributed by atoms with Crippen molar-refractivity contribution in [1.29, 1.82) is 0 Å². The van der Waals surface area contributed by atoms with Crippen molar-refractivity contribution in [2.24, 2.45) is 0 Å². The fourth-order valence-electron chi connectivity index (χ4n) is 3.71. The Bertz CT molecular complexity index is 970. The normalized spacial score (nSPS) is 17.5. The third-order valence-corrected chi connectivity index (χ3v) is 5.41. The van der Waals surface area contributed by atoms with E-state index in [0.717, 1.165) is 60.6 Å². The van der Waals surface area contributed by atoms with Crippen LogP contribution in [0, 0.1) is 0 Å². The number of piperazine rings is 1. The van der Waals surface area contributed by atoms with Gasteiger partial charge in [0.1, 0.15) is 6.23 Å². The van der Waals surface area contributed by atoms with Crippen molar-refractivity contribution >= 4 is 28.7 Å². The van der Waals surface area contributed by atoms with Gasteiger partial charge >= 0.3 is 0 Å². The summed E-state index contributed by atoms with van der Waals surface area (Å²) in [6.07, 6.45) is 3.65. The zero-order chi connectivity index (χ0) is 19.5. The van der Waals surface area contributed by atoms with Crippen molar-refractivity contribution in [3.63, 3.8) is 0 Å². The molecule has 0 amide bonds. The molecule has 2 heterocycles. The Morgan fingerprint density at radius 3 is 2.68 bits per heavy atom. The van der Waals surface area contributed by atoms with Gasteiger partial charge in [0, 0.05) is 43.8 Å². The third kappa shape index (κ3) is 4.09. The summed E-state index contributed by atoms with van der Waals surface area (Å²) in [5, 5.41) is 18.2. The summed E-state index contributed by atoms with van der Waals surface area (Å²) in [6.45, 7) is 6.41. The lowest BCUT2D eigenvalue weighted by molar-refractivity contribution is -0.0141. The van der Waals surface area contributed by atoms with E-state index in [4.69, 9.17) is 5.73 Å². The highest BCUT2D eigenvalue weighted by Gasteiger charge is 2.19. The van der Waals surface area contributed by atoms with Gasteiger partial charge in [0.15, 0.2) is 0 Å². The average Bonchev–Trinajstić information content (AvgIpc) is 3.11. The Balaban J connectivity index is 1.42. The van der Waals surface area contributed by atoms with Gasteiger partial charge in [-0.1, -0.05) is 36.4 Å². The number of nitrogen functional groups attached to an aromatic ring is 1. The number of aromatic nitrogens is 2. The molecule has 0 saturated carbocycles. The van der Waals surface area contributed by atoms with E-state index in [0.29, 0.717) is 0 Å². The Morgan fingerprint density at radius 2 is 1.93 bits per heavy atom. The summed E-state index contributed by atoms with van der Waals surface area (Å²) >= 11 is 0. The number of benzene rings is 2. The van der Waals surface area contributed by atoms with Gasteiger partial charge in [0.2, 0.25) is 0 Å². The summed E-state index contributed by atoms with van der Waals surface area (Å²) in [5.41, 5.74) is 11.2. The van der Waals surface area contributed by atoms with Crippen molar-refractivity contribution in [3.8, 4) is 0 Å². The van der Waals surface area contributed by atoms with E-state index in [2.05, 4.69) is 44.3 Å². The first kappa shape index (κ1) is 18.7. The molecule has 1 aliphatic rings. The molecule has 0 radical (unpaired) electrons. The van der Waals surface area contributed by atoms with Crippen LogP contribution in [0.3, 0.4) is 0 Å². The Kier molecular flexibility index (Phi) is 5.43. The Labute approximate surface area is 165 Å². The molecule has 6 heteroatoms. The molecule has 1 saturated heterocycles. The van der Waals surface area contributed by atoms with Crippen LogP contribution in [0.5, 0.6) is 0 Å². The number of aliphatic hydroxyl groups excluding tert-OH is 1. The van der Waals surface area contributed by atoms with Gasteiger partial charge in [0.05, 0.1) is 11.2 Å². The highest BCUT2D eigenvalue weighted by molar-refractivity contribution is 5.90. The summed E-state index contributed by atoms with van der Waals surface area (Å²) in [4.78, 5) is 4.50. The van der Waals surface area contributed by atoms with Gasteiger partial charge in [-0.05, 0) is 36.3 Å². The number of H-pyrrole nitrogens is 1. The van der Waals surface area contributed by atoms with E-state index in [1.165, 1.54) is 5.56 Å². The van der Waals surface area contributed by atoms with Crippen LogP contribution in [0.1, 0.15) is 23.7 Å². The number of anilines is 1. The maximum Gasteiger partial charge on any atom is 0.104 e. The zero-order valence-electron chi connectivity index (χ0n) is 16.2. The highest BCUT2D eigenvalue weighted by atomic mass is 16.3. The smallest absolute Gasteiger partial charge is 0.104 e. The number of rotatable bonds is 5. The van der Waals surface area contributed by atoms with Crippen LogP contribution in [0.15, 0.2) is 42.5 Å². The van der Waals surface area contributed by atoms with Crippen LogP contribution in [0.4, 0.5) is 5.69 Å². The maximum atomic E-state index is 9.68. The summed E-state index contributed by atoms with van der Waals surface area (Å²) in [6, 6.07) is 14.4. The number of hydrogen-bond donors (Lipinski definition) is 3. The van der Waals surface area contributed by atoms with Crippen LogP contribution in [0.2, 0.25) is 0 Å². The molecule has 146 valence electrons. The van der Waals surface area contributed by atoms with Crippen molar-refractivity contribution in [3.05, 3.63) is 59.3 Å². The minimum Gasteiger partial charge on any atom is -0.398 e. The molecular weight excluding hydrogens is 350 g/mol. The van der Waals surface area contributed by atoms with Crippen LogP contribution in [-0.2, 0) is 6.54 Å². The minimum atomic E-state index is -0.365. The molecule has 0 spiro atoms. The first-order valence-electron chi connectivity index (χ1n) is 9.74. The molecule has 1 atom stereocenters. The molecule has 28 heavy (non-hydrogen) atoms. The largest absolute Gasteiger partial charge is 0.398 e. The molecule has 0 aliphatic carbocycles. The molecular formula is C22H27N5O. The number of hydrogen-bond acceptors (Lipinski definition) is 5. The van der Waals surface area contributed by atoms with E-state index < -0.39 is 0 Å². The lowest BCUT2D eigenvalue weighted by Gasteiger charge is -2.36. The fourth-order valence-corrected chi connectivity index (χ4v) is 3.71. The summed E-state index contributed by atoms with van der Waals surface area (Å²) in [7, 11) is 0. The predicted molar refractivity (Wildman–Crippen MR) is 114 cm³/mol. The second kappa shape index (κ2) is 8.14. The Morgan fingerprint density at radius 1 is 1.14 bits per heavy atom. The first-order valence-corrected chi connectivity index (χ1v) is 9.74. The van der Waals surface area contributed by atoms with Gasteiger partial charge in [-0.2, -0.15) is 5.10 Å². The van der Waals surface area contributed by atoms with E-state index in [1.54, 1.807) is 0 Å². The molecule has 1 aromatic heterocycles. The molecule has 2 aromatic carbocycles. The molecule has 0 bridgehead atoms. The standard InChI is InChI=1S/C22H27N5O/c1-16(28)27-12-10-26(11-13-27)15-17-6-7-18(20(23)14-17)8-9-22-19-4-2-3-5-21(19)24-25-22/h2-9,14,16,28H,10-13,15,23H2,1H3,(H,24,25). The van der Waals surface area contributed by atoms with Gasteiger partial charge in [0.25, 0.3) is 0 Å². The van der Waals surface area contributed by atoms with Crippen molar-refractivity contribution in [2.45, 2.75) is 19.7 Å². The predicted octanol–water partition coefficient (Wildman–Crippen LogP) is 2.77. The zero-order valence-corrected chi connectivity index (χ0v) is 16.2. The molecule has 1 aliphatic heterocycles. The van der Waals surface area contributed by atoms with E-state index >= 15 is 0 Å². The van der Waals surface area contributed by atoms with Crippen molar-refractivity contribution in [2.75, 3.05) is 31.9 Å². The number of para-hydroxylation sites is 1. The van der Waals surface area contributed by atoms with E-state index in [-0.39, 0.29) is 6.23 Å². The van der Waals surface area contributed by atoms with E-state index in [9.17, 15) is 5.11 Å². The monoisotopic (exact) mass is 377 g/mol. The topological polar surface area (TPSA) is 81.4 Å². The minimum absolute atomic E-state index is 0.365. The van der Waals surface area contributed by atoms with Gasteiger partial charge in [-0.25, -0.2) is 0 Å². The van der Waals surface area contributed by atoms with Gasteiger partial charge in [-0.15, -0.1) is 0 Å². The van der Waals surface area contributed by atoms with Crippen LogP contribution in [-0.4, -0.2) is 57.5 Å². The van der Waals surface area contributed by atoms with Gasteiger partial charge in [-0.3, -0.25) is 14.9 Å². The van der Waals surface area contributed by atoms with Crippen molar-refractivity contribution in [1.82, 2.24) is 20.0 Å². The number of aliphatic hydroxyl groups is 1. The van der Waals surface area contributed by atoms with Crippen LogP contribution < -0.4 is 5.73 Å². The lowest BCUT2D eigenvalue weighted by Crippen LogP contribution is -2.49. The molecule has 1 fully saturated rings. The quantitative estimate of drug-likeness (QED) is 0.596. The fraction of sp³-hybridized carbons (Fsp3) is 0.318. The first-order chi connectivity index (χ1) is 13.6.